The maximum atomic E-state index is 13.2. The first-order valence-corrected chi connectivity index (χ1v) is 13.2. The Labute approximate surface area is 246 Å². The van der Waals surface area contributed by atoms with E-state index in [1.165, 1.54) is 40.1 Å². The number of hydrogen-bond acceptors (Lipinski definition) is 7. The molecular weight excluding hydrogens is 560 g/mol. The second kappa shape index (κ2) is 14.8. The highest BCUT2D eigenvalue weighted by molar-refractivity contribution is 5.98. The number of hydrogen-bond donors (Lipinski definition) is 7. The van der Waals surface area contributed by atoms with Crippen molar-refractivity contribution in [3.63, 3.8) is 0 Å². The van der Waals surface area contributed by atoms with E-state index in [2.05, 4.69) is 20.6 Å². The summed E-state index contributed by atoms with van der Waals surface area (Å²) < 4.78 is 0. The Balaban J connectivity index is 1.60. The number of nitrogens with one attached hydrogen (secondary N) is 2. The van der Waals surface area contributed by atoms with E-state index < -0.39 is 42.2 Å². The van der Waals surface area contributed by atoms with Gasteiger partial charge in [-0.15, -0.1) is 0 Å². The van der Waals surface area contributed by atoms with Crippen molar-refractivity contribution < 1.29 is 29.1 Å². The van der Waals surface area contributed by atoms with Crippen LogP contribution in [-0.4, -0.2) is 95.2 Å². The number of carboxylic acid groups (broad SMARTS) is 1. The quantitative estimate of drug-likeness (QED) is 0.0854. The molecule has 1 aliphatic rings. The van der Waals surface area contributed by atoms with Crippen LogP contribution in [0.3, 0.4) is 0 Å². The second-order valence-corrected chi connectivity index (χ2v) is 9.51. The van der Waals surface area contributed by atoms with Crippen LogP contribution in [0.4, 0.5) is 11.4 Å². The lowest BCUT2D eigenvalue weighted by Crippen LogP contribution is -2.60. The van der Waals surface area contributed by atoms with Crippen LogP contribution in [0, 0.1) is 0 Å². The van der Waals surface area contributed by atoms with E-state index in [-0.39, 0.29) is 50.1 Å². The number of carboxylic acids is 1. The molecule has 1 aliphatic heterocycles. The van der Waals surface area contributed by atoms with Crippen LogP contribution in [0.25, 0.3) is 0 Å². The topological polar surface area (TPSA) is 265 Å². The average molecular weight is 595 g/mol. The lowest BCUT2D eigenvalue weighted by atomic mass is 10.0. The molecule has 0 aromatic heterocycles. The summed E-state index contributed by atoms with van der Waals surface area (Å²) in [6.07, 6.45) is 0.449. The van der Waals surface area contributed by atoms with Gasteiger partial charge in [0, 0.05) is 30.8 Å². The first-order valence-electron chi connectivity index (χ1n) is 13.2. The monoisotopic (exact) mass is 594 g/mol. The van der Waals surface area contributed by atoms with Crippen molar-refractivity contribution in [3.8, 4) is 0 Å². The molecule has 1 fully saturated rings. The summed E-state index contributed by atoms with van der Waals surface area (Å²) in [6.45, 7) is -0.623. The zero-order valence-corrected chi connectivity index (χ0v) is 23.2. The number of nitrogens with zero attached hydrogens (tertiary/aromatic N) is 4. The Morgan fingerprint density at radius 3 is 2.16 bits per heavy atom. The fraction of sp³-hybridized carbons (Fsp3) is 0.296. The van der Waals surface area contributed by atoms with Crippen molar-refractivity contribution in [1.29, 1.82) is 0 Å². The normalized spacial score (nSPS) is 14.4. The smallest absolute Gasteiger partial charge is 0.323 e. The molecule has 3 rings (SSSR count). The number of aliphatic carboxylic acids is 1. The molecule has 16 nitrogen and oxygen atoms in total. The molecule has 1 saturated heterocycles. The van der Waals surface area contributed by atoms with Gasteiger partial charge in [-0.25, -0.2) is 9.98 Å². The molecule has 0 aliphatic carbocycles. The van der Waals surface area contributed by atoms with Crippen LogP contribution in [0.1, 0.15) is 33.6 Å². The maximum absolute atomic E-state index is 13.2. The second-order valence-electron chi connectivity index (χ2n) is 9.51. The van der Waals surface area contributed by atoms with E-state index in [1.54, 1.807) is 18.2 Å². The van der Waals surface area contributed by atoms with E-state index in [0.717, 1.165) is 0 Å². The molecule has 0 spiro atoms. The number of carbonyl (C=O) groups is 5. The molecule has 1 atom stereocenters. The molecule has 11 N–H and O–H groups in total. The lowest BCUT2D eigenvalue weighted by molar-refractivity contribution is -0.155. The fourth-order valence-corrected chi connectivity index (χ4v) is 4.40. The Morgan fingerprint density at radius 1 is 0.860 bits per heavy atom. The third kappa shape index (κ3) is 9.44. The molecule has 43 heavy (non-hydrogen) atoms. The number of carbonyl (C=O) groups excluding carboxylic acids is 4. The van der Waals surface area contributed by atoms with Crippen molar-refractivity contribution >= 4 is 52.9 Å². The molecule has 1 heterocycles. The van der Waals surface area contributed by atoms with Gasteiger partial charge in [-0.2, -0.15) is 0 Å². The first kappa shape index (κ1) is 31.9. The summed E-state index contributed by atoms with van der Waals surface area (Å²) in [7, 11) is 0. The number of aliphatic imine (C=N–C) groups is 2. The van der Waals surface area contributed by atoms with Gasteiger partial charge in [0.15, 0.2) is 11.9 Å². The zero-order valence-electron chi connectivity index (χ0n) is 23.2. The van der Waals surface area contributed by atoms with E-state index in [9.17, 15) is 29.1 Å². The summed E-state index contributed by atoms with van der Waals surface area (Å²) in [5, 5.41) is 14.5. The number of guanidine groups is 2. The van der Waals surface area contributed by atoms with Gasteiger partial charge in [-0.1, -0.05) is 6.07 Å². The molecule has 0 bridgehead atoms. The summed E-state index contributed by atoms with van der Waals surface area (Å²) in [6, 6.07) is 11.4. The Kier molecular flexibility index (Phi) is 11.0. The van der Waals surface area contributed by atoms with E-state index in [0.29, 0.717) is 23.4 Å². The van der Waals surface area contributed by atoms with Gasteiger partial charge in [-0.3, -0.25) is 24.0 Å². The Hall–Kier alpha value is -5.67. The van der Waals surface area contributed by atoms with Crippen molar-refractivity contribution in [3.05, 3.63) is 59.7 Å². The molecule has 0 saturated carbocycles. The Bertz CT molecular complexity index is 1420. The molecule has 2 aromatic carbocycles. The van der Waals surface area contributed by atoms with E-state index in [4.69, 9.17) is 22.9 Å². The van der Waals surface area contributed by atoms with Gasteiger partial charge in [0.25, 0.3) is 11.8 Å². The van der Waals surface area contributed by atoms with Crippen LogP contribution < -0.4 is 33.6 Å². The van der Waals surface area contributed by atoms with Gasteiger partial charge in [0.2, 0.25) is 11.8 Å². The molecule has 16 heteroatoms. The minimum atomic E-state index is -1.18. The third-order valence-electron chi connectivity index (χ3n) is 6.32. The van der Waals surface area contributed by atoms with Crippen LogP contribution in [0.15, 0.2) is 58.5 Å². The molecule has 2 aromatic rings. The zero-order chi connectivity index (χ0) is 31.5. The van der Waals surface area contributed by atoms with Gasteiger partial charge >= 0.3 is 5.97 Å². The van der Waals surface area contributed by atoms with E-state index in [1.807, 2.05) is 0 Å². The summed E-state index contributed by atoms with van der Waals surface area (Å²) >= 11 is 0. The molecule has 4 amide bonds. The van der Waals surface area contributed by atoms with Gasteiger partial charge < -0.3 is 48.5 Å². The van der Waals surface area contributed by atoms with Gasteiger partial charge in [0.05, 0.1) is 17.9 Å². The van der Waals surface area contributed by atoms with E-state index >= 15 is 0 Å². The average Bonchev–Trinajstić information content (AvgIpc) is 2.95. The molecule has 0 radical (unpaired) electrons. The number of rotatable bonds is 12. The van der Waals surface area contributed by atoms with Crippen molar-refractivity contribution in [2.45, 2.75) is 18.9 Å². The predicted molar refractivity (Wildman–Crippen MR) is 157 cm³/mol. The van der Waals surface area contributed by atoms with Crippen LogP contribution in [0.2, 0.25) is 0 Å². The molecular formula is C27H34N10O6. The standard InChI is InChI=1S/C27H34N10O6/c28-26(29)34-18-8-6-16(7-9-18)23(41)33-14-21(38)37-12-11-36(15-22(39)40)25(43)20(37)5-2-10-32-24(42)17-3-1-4-19(13-17)35-27(30)31/h1,3-4,6-9,13,20H,2,5,10-12,14-15H2,(H,32,42)(H,33,41)(H,39,40)(H4,28,29,34)(H4,30,31,35)/t20-/m0/s1. The highest BCUT2D eigenvalue weighted by Crippen LogP contribution is 2.18. The largest absolute Gasteiger partial charge is 0.480 e. The van der Waals surface area contributed by atoms with Gasteiger partial charge in [0.1, 0.15) is 12.6 Å². The number of nitrogens with two attached hydrogens (primary N) is 4. The predicted octanol–water partition coefficient (Wildman–Crippen LogP) is -1.44. The SMILES string of the molecule is NC(N)=Nc1ccc(C(=O)NCC(=O)N2CCN(CC(=O)O)C(=O)[C@@H]2CCCNC(=O)c2cccc(N=C(N)N)c2)cc1. The molecule has 0 unspecified atom stereocenters. The number of piperazine rings is 1. The maximum Gasteiger partial charge on any atom is 0.323 e. The molecule has 228 valence electrons. The third-order valence-corrected chi connectivity index (χ3v) is 6.32. The summed E-state index contributed by atoms with van der Waals surface area (Å²) in [5.74, 6) is -3.42. The highest BCUT2D eigenvalue weighted by Gasteiger charge is 2.37. The first-order chi connectivity index (χ1) is 20.4. The van der Waals surface area contributed by atoms with Gasteiger partial charge in [-0.05, 0) is 55.3 Å². The summed E-state index contributed by atoms with van der Waals surface area (Å²) in [5.41, 5.74) is 22.9. The minimum Gasteiger partial charge on any atom is -0.480 e. The van der Waals surface area contributed by atoms with Crippen LogP contribution in [0.5, 0.6) is 0 Å². The van der Waals surface area contributed by atoms with Crippen LogP contribution in [-0.2, 0) is 14.4 Å². The van der Waals surface area contributed by atoms with Crippen molar-refractivity contribution in [1.82, 2.24) is 20.4 Å². The Morgan fingerprint density at radius 2 is 1.51 bits per heavy atom. The van der Waals surface area contributed by atoms with Crippen LogP contribution >= 0.6 is 0 Å². The number of benzene rings is 2. The fourth-order valence-electron chi connectivity index (χ4n) is 4.40. The minimum absolute atomic E-state index is 0.0243. The van der Waals surface area contributed by atoms with Crippen molar-refractivity contribution in [2.75, 3.05) is 32.7 Å². The summed E-state index contributed by atoms with van der Waals surface area (Å²) in [4.78, 5) is 73.0. The van der Waals surface area contributed by atoms with Crippen molar-refractivity contribution in [2.24, 2.45) is 32.9 Å². The highest BCUT2D eigenvalue weighted by atomic mass is 16.4. The number of amides is 4. The lowest BCUT2D eigenvalue weighted by Gasteiger charge is -2.40.